The van der Waals surface area contributed by atoms with Crippen LogP contribution >= 0.6 is 11.6 Å². The van der Waals surface area contributed by atoms with Crippen molar-refractivity contribution in [2.75, 3.05) is 7.11 Å². The van der Waals surface area contributed by atoms with Gasteiger partial charge in [0.15, 0.2) is 11.5 Å². The van der Waals surface area contributed by atoms with Crippen LogP contribution in [0.2, 0.25) is 5.02 Å². The van der Waals surface area contributed by atoms with Crippen molar-refractivity contribution in [3.05, 3.63) is 76.3 Å². The molecule has 152 valence electrons. The van der Waals surface area contributed by atoms with Gasteiger partial charge >= 0.3 is 0 Å². The first kappa shape index (κ1) is 19.7. The van der Waals surface area contributed by atoms with Crippen molar-refractivity contribution in [1.29, 1.82) is 0 Å². The number of nitrogens with zero attached hydrogens (tertiary/aromatic N) is 4. The number of rotatable bonds is 4. The lowest BCUT2D eigenvalue weighted by molar-refractivity contribution is 0.373. The van der Waals surface area contributed by atoms with E-state index < -0.39 is 0 Å². The van der Waals surface area contributed by atoms with E-state index in [1.807, 2.05) is 42.7 Å². The van der Waals surface area contributed by atoms with E-state index in [9.17, 15) is 5.11 Å². The van der Waals surface area contributed by atoms with Crippen molar-refractivity contribution >= 4 is 28.3 Å². The number of fused-ring (bicyclic) bond motifs is 1. The molecule has 0 radical (unpaired) electrons. The normalized spacial score (nSPS) is 11.8. The summed E-state index contributed by atoms with van der Waals surface area (Å²) in [4.78, 5) is 9.03. The number of ether oxygens (including phenoxy) is 1. The summed E-state index contributed by atoms with van der Waals surface area (Å²) in [6, 6.07) is 12.5. The van der Waals surface area contributed by atoms with E-state index in [4.69, 9.17) is 22.2 Å². The van der Waals surface area contributed by atoms with Crippen molar-refractivity contribution in [3.8, 4) is 17.2 Å². The summed E-state index contributed by atoms with van der Waals surface area (Å²) in [5, 5.41) is 15.4. The van der Waals surface area contributed by atoms with Gasteiger partial charge in [0.25, 0.3) is 0 Å². The third-order valence-electron chi connectivity index (χ3n) is 5.17. The summed E-state index contributed by atoms with van der Waals surface area (Å²) in [7, 11) is 1.49. The van der Waals surface area contributed by atoms with Gasteiger partial charge in [-0.1, -0.05) is 17.7 Å². The number of hydrazone groups is 1. The van der Waals surface area contributed by atoms with Crippen LogP contribution in [0.25, 0.3) is 16.7 Å². The molecular formula is C22H20ClN5O2. The number of methoxy groups -OCH3 is 1. The molecule has 2 aromatic carbocycles. The predicted octanol–water partition coefficient (Wildman–Crippen LogP) is 4.12. The van der Waals surface area contributed by atoms with Crippen LogP contribution in [0.3, 0.4) is 0 Å². The Balaban J connectivity index is 1.98. The SMILES string of the molecule is COc1cc(C(=NN)c2ncnc3c2c(C)c(C)n3-c2cccc(Cl)c2)ccc1O. The molecule has 2 heterocycles. The topological polar surface area (TPSA) is 98.5 Å². The van der Waals surface area contributed by atoms with Gasteiger partial charge in [0, 0.05) is 22.0 Å². The quantitative estimate of drug-likeness (QED) is 0.293. The molecule has 0 spiro atoms. The molecule has 0 amide bonds. The fourth-order valence-corrected chi connectivity index (χ4v) is 3.79. The second-order valence-electron chi connectivity index (χ2n) is 6.81. The second kappa shape index (κ2) is 7.68. The standard InChI is InChI=1S/C22H20ClN5O2/c1-12-13(2)28(16-6-4-5-15(23)10-16)22-19(12)21(25-11-26-22)20(27-24)14-7-8-17(29)18(9-14)30-3/h4-11,29H,24H2,1-3H3. The Morgan fingerprint density at radius 1 is 1.17 bits per heavy atom. The first-order valence-corrected chi connectivity index (χ1v) is 9.58. The lowest BCUT2D eigenvalue weighted by Gasteiger charge is -2.10. The lowest BCUT2D eigenvalue weighted by atomic mass is 10.0. The predicted molar refractivity (Wildman–Crippen MR) is 118 cm³/mol. The molecule has 0 aliphatic rings. The van der Waals surface area contributed by atoms with Crippen LogP contribution in [0.1, 0.15) is 22.5 Å². The third kappa shape index (κ3) is 3.13. The molecule has 0 bridgehead atoms. The van der Waals surface area contributed by atoms with Crippen molar-refractivity contribution in [3.63, 3.8) is 0 Å². The van der Waals surface area contributed by atoms with Crippen LogP contribution < -0.4 is 10.6 Å². The van der Waals surface area contributed by atoms with Crippen LogP contribution in [0.15, 0.2) is 53.9 Å². The van der Waals surface area contributed by atoms with Gasteiger partial charge in [-0.25, -0.2) is 9.97 Å². The average Bonchev–Trinajstić information content (AvgIpc) is 3.00. The van der Waals surface area contributed by atoms with Crippen molar-refractivity contribution in [2.24, 2.45) is 10.9 Å². The van der Waals surface area contributed by atoms with E-state index in [1.54, 1.807) is 12.1 Å². The molecule has 7 nitrogen and oxygen atoms in total. The van der Waals surface area contributed by atoms with Crippen molar-refractivity contribution < 1.29 is 9.84 Å². The Kier molecular flexibility index (Phi) is 5.05. The molecule has 30 heavy (non-hydrogen) atoms. The highest BCUT2D eigenvalue weighted by molar-refractivity contribution is 6.30. The van der Waals surface area contributed by atoms with Gasteiger partial charge < -0.3 is 15.7 Å². The Morgan fingerprint density at radius 3 is 2.67 bits per heavy atom. The largest absolute Gasteiger partial charge is 0.504 e. The summed E-state index contributed by atoms with van der Waals surface area (Å²) in [6.07, 6.45) is 1.49. The molecule has 0 fully saturated rings. The zero-order valence-electron chi connectivity index (χ0n) is 16.7. The molecule has 3 N–H and O–H groups in total. The van der Waals surface area contributed by atoms with Crippen LogP contribution in [0.5, 0.6) is 11.5 Å². The highest BCUT2D eigenvalue weighted by Crippen LogP contribution is 2.32. The van der Waals surface area contributed by atoms with E-state index in [0.29, 0.717) is 27.7 Å². The summed E-state index contributed by atoms with van der Waals surface area (Å²) in [5.74, 6) is 6.14. The first-order valence-electron chi connectivity index (χ1n) is 9.20. The number of halogens is 1. The van der Waals surface area contributed by atoms with Gasteiger partial charge in [-0.05, 0) is 55.8 Å². The molecule has 0 saturated heterocycles. The molecular weight excluding hydrogens is 402 g/mol. The number of aromatic hydroxyl groups is 1. The van der Waals surface area contributed by atoms with Crippen LogP contribution in [-0.4, -0.2) is 32.5 Å². The highest BCUT2D eigenvalue weighted by atomic mass is 35.5. The number of nitrogens with two attached hydrogens (primary N) is 1. The minimum Gasteiger partial charge on any atom is -0.504 e. The van der Waals surface area contributed by atoms with Crippen LogP contribution in [0, 0.1) is 13.8 Å². The number of hydrogen-bond donors (Lipinski definition) is 2. The number of benzene rings is 2. The van der Waals surface area contributed by atoms with E-state index in [0.717, 1.165) is 28.0 Å². The Bertz CT molecular complexity index is 1300. The second-order valence-corrected chi connectivity index (χ2v) is 7.25. The maximum Gasteiger partial charge on any atom is 0.161 e. The number of aromatic nitrogens is 3. The van der Waals surface area contributed by atoms with Crippen molar-refractivity contribution in [1.82, 2.24) is 14.5 Å². The molecule has 4 rings (SSSR count). The molecule has 0 aliphatic heterocycles. The van der Waals surface area contributed by atoms with Crippen LogP contribution in [-0.2, 0) is 0 Å². The van der Waals surface area contributed by atoms with Gasteiger partial charge in [0.1, 0.15) is 23.4 Å². The Morgan fingerprint density at radius 2 is 1.97 bits per heavy atom. The highest BCUT2D eigenvalue weighted by Gasteiger charge is 2.22. The Hall–Kier alpha value is -3.58. The zero-order chi connectivity index (χ0) is 21.4. The molecule has 8 heteroatoms. The van der Waals surface area contributed by atoms with Gasteiger partial charge in [0.05, 0.1) is 12.5 Å². The van der Waals surface area contributed by atoms with E-state index in [2.05, 4.69) is 15.1 Å². The smallest absolute Gasteiger partial charge is 0.161 e. The van der Waals surface area contributed by atoms with Crippen LogP contribution in [0.4, 0.5) is 0 Å². The van der Waals surface area contributed by atoms with Gasteiger partial charge in [-0.2, -0.15) is 5.10 Å². The zero-order valence-corrected chi connectivity index (χ0v) is 17.5. The maximum absolute atomic E-state index is 9.93. The summed E-state index contributed by atoms with van der Waals surface area (Å²) in [5.41, 5.74) is 5.37. The molecule has 2 aromatic heterocycles. The molecule has 0 aliphatic carbocycles. The van der Waals surface area contributed by atoms with E-state index in [-0.39, 0.29) is 5.75 Å². The summed E-state index contributed by atoms with van der Waals surface area (Å²) < 4.78 is 7.26. The maximum atomic E-state index is 9.93. The van der Waals surface area contributed by atoms with Gasteiger partial charge in [-0.15, -0.1) is 0 Å². The lowest BCUT2D eigenvalue weighted by Crippen LogP contribution is -2.10. The fraction of sp³-hybridized carbons (Fsp3) is 0.136. The number of phenolic OH excluding ortho intramolecular Hbond substituents is 1. The van der Waals surface area contributed by atoms with E-state index in [1.165, 1.54) is 19.5 Å². The molecule has 0 unspecified atom stereocenters. The Labute approximate surface area is 178 Å². The summed E-state index contributed by atoms with van der Waals surface area (Å²) >= 11 is 6.22. The number of aryl methyl sites for hydroxylation is 1. The molecule has 4 aromatic rings. The number of hydrogen-bond acceptors (Lipinski definition) is 6. The molecule has 0 atom stereocenters. The van der Waals surface area contributed by atoms with Gasteiger partial charge in [0.2, 0.25) is 0 Å². The monoisotopic (exact) mass is 421 g/mol. The minimum atomic E-state index is 0.0320. The average molecular weight is 422 g/mol. The minimum absolute atomic E-state index is 0.0320. The first-order chi connectivity index (χ1) is 14.5. The summed E-state index contributed by atoms with van der Waals surface area (Å²) in [6.45, 7) is 4.03. The molecule has 0 saturated carbocycles. The third-order valence-corrected chi connectivity index (χ3v) is 5.40. The van der Waals surface area contributed by atoms with Gasteiger partial charge in [-0.3, -0.25) is 4.57 Å². The van der Waals surface area contributed by atoms with E-state index >= 15 is 0 Å². The number of phenols is 1. The fourth-order valence-electron chi connectivity index (χ4n) is 3.61. The van der Waals surface area contributed by atoms with Crippen molar-refractivity contribution in [2.45, 2.75) is 13.8 Å².